The molecule has 13 heavy (non-hydrogen) atoms. The maximum Gasteiger partial charge on any atom is 0.137 e. The smallest absolute Gasteiger partial charge is 0.137 e. The van der Waals surface area contributed by atoms with Gasteiger partial charge in [0.25, 0.3) is 0 Å². The number of nitrogens with two attached hydrogens (primary N) is 1. The van der Waals surface area contributed by atoms with Gasteiger partial charge in [0.1, 0.15) is 5.75 Å². The normalized spacial score (nSPS) is 10.1. The van der Waals surface area contributed by atoms with E-state index >= 15 is 0 Å². The van der Waals surface area contributed by atoms with Gasteiger partial charge in [0.05, 0.1) is 12.1 Å². The lowest BCUT2D eigenvalue weighted by Gasteiger charge is -2.06. The zero-order chi connectivity index (χ0) is 9.68. The molecule has 0 fully saturated rings. The number of methoxy groups -OCH3 is 1. The monoisotopic (exact) mass is 200 g/mol. The molecule has 0 saturated carbocycles. The summed E-state index contributed by atoms with van der Waals surface area (Å²) >= 11 is 5.92. The van der Waals surface area contributed by atoms with Crippen molar-refractivity contribution in [1.82, 2.24) is 5.32 Å². The van der Waals surface area contributed by atoms with E-state index in [0.717, 1.165) is 12.1 Å². The van der Waals surface area contributed by atoms with Crippen LogP contribution in [-0.4, -0.2) is 13.8 Å². The van der Waals surface area contributed by atoms with E-state index in [1.807, 2.05) is 18.2 Å². The maximum atomic E-state index is 5.92. The first-order valence-corrected chi connectivity index (χ1v) is 4.39. The molecule has 1 rings (SSSR count). The zero-order valence-electron chi connectivity index (χ0n) is 7.51. The standard InChI is InChI=1S/C9H13ClN2O/c1-13-9-3-2-7(4-8(9)10)5-12-6-11/h2-4,12H,5-6,11H2,1H3. The van der Waals surface area contributed by atoms with E-state index in [-0.39, 0.29) is 0 Å². The van der Waals surface area contributed by atoms with Gasteiger partial charge in [-0.3, -0.25) is 0 Å². The Bertz CT molecular complexity index is 278. The molecular weight excluding hydrogens is 188 g/mol. The minimum absolute atomic E-state index is 0.462. The van der Waals surface area contributed by atoms with Crippen molar-refractivity contribution in [1.29, 1.82) is 0 Å². The van der Waals surface area contributed by atoms with Gasteiger partial charge in [0.15, 0.2) is 0 Å². The summed E-state index contributed by atoms with van der Waals surface area (Å²) in [6.07, 6.45) is 0. The number of benzene rings is 1. The number of rotatable bonds is 4. The number of halogens is 1. The molecule has 0 bridgehead atoms. The fourth-order valence-corrected chi connectivity index (χ4v) is 1.32. The van der Waals surface area contributed by atoms with Gasteiger partial charge >= 0.3 is 0 Å². The van der Waals surface area contributed by atoms with Gasteiger partial charge in [-0.15, -0.1) is 0 Å². The molecular formula is C9H13ClN2O. The molecule has 0 heterocycles. The van der Waals surface area contributed by atoms with Crippen molar-refractivity contribution < 1.29 is 4.74 Å². The van der Waals surface area contributed by atoms with Gasteiger partial charge in [-0.1, -0.05) is 17.7 Å². The Morgan fingerprint density at radius 2 is 2.31 bits per heavy atom. The quantitative estimate of drug-likeness (QED) is 0.722. The largest absolute Gasteiger partial charge is 0.495 e. The van der Waals surface area contributed by atoms with E-state index in [9.17, 15) is 0 Å². The third kappa shape index (κ3) is 2.88. The van der Waals surface area contributed by atoms with Gasteiger partial charge in [0.2, 0.25) is 0 Å². The highest BCUT2D eigenvalue weighted by atomic mass is 35.5. The third-order valence-electron chi connectivity index (χ3n) is 1.69. The summed E-state index contributed by atoms with van der Waals surface area (Å²) in [5.41, 5.74) is 6.40. The van der Waals surface area contributed by atoms with Crippen LogP contribution in [0.25, 0.3) is 0 Å². The van der Waals surface area contributed by atoms with Crippen molar-refractivity contribution >= 4 is 11.6 Å². The van der Waals surface area contributed by atoms with Crippen molar-refractivity contribution in [3.63, 3.8) is 0 Å². The molecule has 0 aliphatic rings. The topological polar surface area (TPSA) is 47.3 Å². The second-order valence-corrected chi connectivity index (χ2v) is 3.01. The summed E-state index contributed by atoms with van der Waals surface area (Å²) in [6.45, 7) is 1.18. The van der Waals surface area contributed by atoms with Crippen LogP contribution in [-0.2, 0) is 6.54 Å². The van der Waals surface area contributed by atoms with Crippen LogP contribution in [0.4, 0.5) is 0 Å². The van der Waals surface area contributed by atoms with Gasteiger partial charge in [-0.05, 0) is 17.7 Å². The van der Waals surface area contributed by atoms with Gasteiger partial charge in [0, 0.05) is 13.2 Å². The van der Waals surface area contributed by atoms with Crippen LogP contribution in [0.5, 0.6) is 5.75 Å². The summed E-state index contributed by atoms with van der Waals surface area (Å²) < 4.78 is 5.03. The number of hydrogen-bond acceptors (Lipinski definition) is 3. The molecule has 1 aromatic rings. The minimum atomic E-state index is 0.462. The van der Waals surface area contributed by atoms with Crippen molar-refractivity contribution in [3.05, 3.63) is 28.8 Å². The second-order valence-electron chi connectivity index (χ2n) is 2.60. The zero-order valence-corrected chi connectivity index (χ0v) is 8.27. The Hall–Kier alpha value is -0.770. The van der Waals surface area contributed by atoms with Gasteiger partial charge in [-0.25, -0.2) is 0 Å². The Labute approximate surface area is 82.8 Å². The summed E-state index contributed by atoms with van der Waals surface area (Å²) in [7, 11) is 1.60. The van der Waals surface area contributed by atoms with Gasteiger partial charge in [-0.2, -0.15) is 0 Å². The first-order chi connectivity index (χ1) is 6.27. The lowest BCUT2D eigenvalue weighted by atomic mass is 10.2. The SMILES string of the molecule is COc1ccc(CNCN)cc1Cl. The number of nitrogens with one attached hydrogen (secondary N) is 1. The van der Waals surface area contributed by atoms with E-state index in [1.54, 1.807) is 7.11 Å². The molecule has 0 amide bonds. The van der Waals surface area contributed by atoms with Crippen LogP contribution in [0.1, 0.15) is 5.56 Å². The van der Waals surface area contributed by atoms with E-state index in [4.69, 9.17) is 22.1 Å². The van der Waals surface area contributed by atoms with Gasteiger partial charge < -0.3 is 15.8 Å². The van der Waals surface area contributed by atoms with E-state index in [0.29, 0.717) is 17.4 Å². The highest BCUT2D eigenvalue weighted by Crippen LogP contribution is 2.24. The fourth-order valence-electron chi connectivity index (χ4n) is 1.04. The van der Waals surface area contributed by atoms with Crippen LogP contribution in [0.2, 0.25) is 5.02 Å². The number of hydrogen-bond donors (Lipinski definition) is 2. The van der Waals surface area contributed by atoms with Crippen LogP contribution >= 0.6 is 11.6 Å². The van der Waals surface area contributed by atoms with Crippen molar-refractivity contribution in [2.24, 2.45) is 5.73 Å². The lowest BCUT2D eigenvalue weighted by Crippen LogP contribution is -2.21. The highest BCUT2D eigenvalue weighted by Gasteiger charge is 2.00. The number of ether oxygens (including phenoxy) is 1. The summed E-state index contributed by atoms with van der Waals surface area (Å²) in [5.74, 6) is 0.693. The Balaban J connectivity index is 2.71. The first kappa shape index (κ1) is 10.3. The van der Waals surface area contributed by atoms with E-state index in [1.165, 1.54) is 0 Å². The molecule has 0 aliphatic carbocycles. The van der Waals surface area contributed by atoms with Crippen LogP contribution in [0.15, 0.2) is 18.2 Å². The van der Waals surface area contributed by atoms with E-state index in [2.05, 4.69) is 5.32 Å². The molecule has 3 nitrogen and oxygen atoms in total. The molecule has 0 aromatic heterocycles. The lowest BCUT2D eigenvalue weighted by molar-refractivity contribution is 0.415. The summed E-state index contributed by atoms with van der Waals surface area (Å²) in [6, 6.07) is 5.66. The van der Waals surface area contributed by atoms with Crippen LogP contribution in [0.3, 0.4) is 0 Å². The predicted molar refractivity (Wildman–Crippen MR) is 53.9 cm³/mol. The summed E-state index contributed by atoms with van der Waals surface area (Å²) in [4.78, 5) is 0. The average Bonchev–Trinajstić information content (AvgIpc) is 2.15. The minimum Gasteiger partial charge on any atom is -0.495 e. The average molecular weight is 201 g/mol. The van der Waals surface area contributed by atoms with Crippen molar-refractivity contribution in [2.45, 2.75) is 6.54 Å². The van der Waals surface area contributed by atoms with Crippen molar-refractivity contribution in [3.8, 4) is 5.75 Å². The molecule has 0 atom stereocenters. The van der Waals surface area contributed by atoms with Crippen molar-refractivity contribution in [2.75, 3.05) is 13.8 Å². The molecule has 0 saturated heterocycles. The third-order valence-corrected chi connectivity index (χ3v) is 1.99. The van der Waals surface area contributed by atoms with E-state index < -0.39 is 0 Å². The Kier molecular flexibility index (Phi) is 4.02. The molecule has 72 valence electrons. The predicted octanol–water partition coefficient (Wildman–Crippen LogP) is 1.35. The summed E-state index contributed by atoms with van der Waals surface area (Å²) in [5, 5.41) is 3.63. The fraction of sp³-hybridized carbons (Fsp3) is 0.333. The van der Waals surface area contributed by atoms with Crippen LogP contribution in [0, 0.1) is 0 Å². The Morgan fingerprint density at radius 1 is 1.54 bits per heavy atom. The maximum absolute atomic E-state index is 5.92. The second kappa shape index (κ2) is 5.07. The highest BCUT2D eigenvalue weighted by molar-refractivity contribution is 6.32. The Morgan fingerprint density at radius 3 is 2.85 bits per heavy atom. The molecule has 4 heteroatoms. The molecule has 0 spiro atoms. The molecule has 3 N–H and O–H groups in total. The molecule has 0 aliphatic heterocycles. The first-order valence-electron chi connectivity index (χ1n) is 4.01. The molecule has 0 radical (unpaired) electrons. The molecule has 0 unspecified atom stereocenters. The molecule has 1 aromatic carbocycles. The van der Waals surface area contributed by atoms with Crippen LogP contribution < -0.4 is 15.8 Å².